The van der Waals surface area contributed by atoms with Crippen molar-refractivity contribution in [2.45, 2.75) is 44.8 Å². The van der Waals surface area contributed by atoms with Gasteiger partial charge in [0.25, 0.3) is 0 Å². The third-order valence-electron chi connectivity index (χ3n) is 3.66. The quantitative estimate of drug-likeness (QED) is 0.846. The van der Waals surface area contributed by atoms with Gasteiger partial charge in [-0.25, -0.2) is 4.79 Å². The Morgan fingerprint density at radius 1 is 1.53 bits per heavy atom. The molecule has 0 aromatic carbocycles. The first-order valence-electron chi connectivity index (χ1n) is 6.85. The van der Waals surface area contributed by atoms with E-state index in [2.05, 4.69) is 24.1 Å². The molecule has 2 unspecified atom stereocenters. The van der Waals surface area contributed by atoms with E-state index in [1.807, 2.05) is 30.1 Å². The number of hydrogen-bond donors (Lipinski definition) is 2. The number of rotatable bonds is 5. The van der Waals surface area contributed by atoms with Gasteiger partial charge in [0.2, 0.25) is 0 Å². The molecule has 0 amide bonds. The Hall–Kier alpha value is -1.49. The van der Waals surface area contributed by atoms with E-state index in [0.29, 0.717) is 12.5 Å². The molecule has 5 nitrogen and oxygen atoms in total. The number of carboxylic acids is 1. The van der Waals surface area contributed by atoms with E-state index < -0.39 is 12.0 Å². The molecule has 1 saturated heterocycles. The summed E-state index contributed by atoms with van der Waals surface area (Å²) in [6.45, 7) is 5.04. The summed E-state index contributed by atoms with van der Waals surface area (Å²) < 4.78 is 1.96. The minimum absolute atomic E-state index is 0.255. The number of aromatic nitrogens is 1. The van der Waals surface area contributed by atoms with E-state index in [0.717, 1.165) is 18.7 Å². The summed E-state index contributed by atoms with van der Waals surface area (Å²) >= 11 is 0. The molecule has 0 saturated carbocycles. The van der Waals surface area contributed by atoms with Crippen LogP contribution in [-0.2, 0) is 11.8 Å². The van der Waals surface area contributed by atoms with Crippen LogP contribution in [0, 0.1) is 0 Å². The molecular weight excluding hydrogens is 242 g/mol. The summed E-state index contributed by atoms with van der Waals surface area (Å²) in [7, 11) is 1.96. The molecule has 0 aliphatic carbocycles. The number of carbonyl (C=O) groups is 1. The second kappa shape index (κ2) is 5.65. The lowest BCUT2D eigenvalue weighted by Gasteiger charge is -2.30. The maximum Gasteiger partial charge on any atom is 0.326 e. The average Bonchev–Trinajstić information content (AvgIpc) is 2.91. The molecule has 19 heavy (non-hydrogen) atoms. The first kappa shape index (κ1) is 13.9. The number of nitrogens with zero attached hydrogens (tertiary/aromatic N) is 2. The minimum Gasteiger partial charge on any atom is -0.480 e. The Morgan fingerprint density at radius 2 is 2.26 bits per heavy atom. The highest BCUT2D eigenvalue weighted by atomic mass is 16.4. The first-order valence-corrected chi connectivity index (χ1v) is 6.85. The number of nitrogens with one attached hydrogen (secondary N) is 1. The highest BCUT2D eigenvalue weighted by Gasteiger charge is 2.38. The number of anilines is 1. The summed E-state index contributed by atoms with van der Waals surface area (Å²) in [6.07, 6.45) is 5.59. The SMILES string of the molecule is CC(C)NCC1CCC(C(=O)O)N1c1ccn(C)c1. The number of aryl methyl sites for hydroxylation is 1. The van der Waals surface area contributed by atoms with Crippen LogP contribution in [0.2, 0.25) is 0 Å². The highest BCUT2D eigenvalue weighted by molar-refractivity contribution is 5.79. The molecule has 2 N–H and O–H groups in total. The van der Waals surface area contributed by atoms with E-state index in [9.17, 15) is 9.90 Å². The van der Waals surface area contributed by atoms with E-state index >= 15 is 0 Å². The van der Waals surface area contributed by atoms with Gasteiger partial charge >= 0.3 is 5.97 Å². The van der Waals surface area contributed by atoms with Gasteiger partial charge in [-0.05, 0) is 18.9 Å². The monoisotopic (exact) mass is 265 g/mol. The Morgan fingerprint density at radius 3 is 2.79 bits per heavy atom. The average molecular weight is 265 g/mol. The number of hydrogen-bond acceptors (Lipinski definition) is 3. The minimum atomic E-state index is -0.726. The molecule has 1 fully saturated rings. The third kappa shape index (κ3) is 3.10. The first-order chi connectivity index (χ1) is 8.99. The summed E-state index contributed by atoms with van der Waals surface area (Å²) in [5.41, 5.74) is 1.00. The summed E-state index contributed by atoms with van der Waals surface area (Å²) in [4.78, 5) is 13.5. The predicted octanol–water partition coefficient (Wildman–Crippen LogP) is 1.45. The van der Waals surface area contributed by atoms with Crippen LogP contribution in [0.25, 0.3) is 0 Å². The molecule has 2 heterocycles. The Balaban J connectivity index is 2.17. The molecule has 0 bridgehead atoms. The molecule has 2 rings (SSSR count). The van der Waals surface area contributed by atoms with Crippen molar-refractivity contribution in [1.29, 1.82) is 0 Å². The van der Waals surface area contributed by atoms with Crippen LogP contribution in [0.1, 0.15) is 26.7 Å². The van der Waals surface area contributed by atoms with Crippen molar-refractivity contribution in [2.75, 3.05) is 11.4 Å². The van der Waals surface area contributed by atoms with Crippen LogP contribution >= 0.6 is 0 Å². The smallest absolute Gasteiger partial charge is 0.326 e. The van der Waals surface area contributed by atoms with Gasteiger partial charge in [-0.2, -0.15) is 0 Å². The lowest BCUT2D eigenvalue weighted by atomic mass is 10.2. The van der Waals surface area contributed by atoms with Gasteiger partial charge in [-0.3, -0.25) is 0 Å². The zero-order valence-corrected chi connectivity index (χ0v) is 11.8. The van der Waals surface area contributed by atoms with Gasteiger partial charge in [0.15, 0.2) is 0 Å². The van der Waals surface area contributed by atoms with Gasteiger partial charge in [0.05, 0.1) is 5.69 Å². The van der Waals surface area contributed by atoms with Gasteiger partial charge in [0.1, 0.15) is 6.04 Å². The third-order valence-corrected chi connectivity index (χ3v) is 3.66. The largest absolute Gasteiger partial charge is 0.480 e. The normalized spacial score (nSPS) is 23.3. The highest BCUT2D eigenvalue weighted by Crippen LogP contribution is 2.30. The zero-order chi connectivity index (χ0) is 14.0. The molecule has 1 aliphatic heterocycles. The molecule has 2 atom stereocenters. The van der Waals surface area contributed by atoms with Gasteiger partial charge in [-0.1, -0.05) is 13.8 Å². The number of aliphatic carboxylic acids is 1. The second-order valence-corrected chi connectivity index (χ2v) is 5.59. The summed E-state index contributed by atoms with van der Waals surface area (Å²) in [5.74, 6) is -0.726. The van der Waals surface area contributed by atoms with Crippen molar-refractivity contribution < 1.29 is 9.90 Å². The van der Waals surface area contributed by atoms with E-state index in [1.165, 1.54) is 0 Å². The summed E-state index contributed by atoms with van der Waals surface area (Å²) in [6, 6.07) is 2.26. The topological polar surface area (TPSA) is 57.5 Å². The van der Waals surface area contributed by atoms with Gasteiger partial charge < -0.3 is 19.9 Å². The molecule has 5 heteroatoms. The zero-order valence-electron chi connectivity index (χ0n) is 11.8. The number of carboxylic acid groups (broad SMARTS) is 1. The van der Waals surface area contributed by atoms with Crippen LogP contribution in [0.4, 0.5) is 5.69 Å². The molecule has 1 aromatic heterocycles. The van der Waals surface area contributed by atoms with Crippen LogP contribution in [-0.4, -0.2) is 40.3 Å². The maximum absolute atomic E-state index is 11.4. The maximum atomic E-state index is 11.4. The van der Waals surface area contributed by atoms with Crippen molar-refractivity contribution in [3.05, 3.63) is 18.5 Å². The lowest BCUT2D eigenvalue weighted by molar-refractivity contribution is -0.138. The Labute approximate surface area is 114 Å². The van der Waals surface area contributed by atoms with E-state index in [1.54, 1.807) is 0 Å². The molecule has 106 valence electrons. The van der Waals surface area contributed by atoms with Crippen molar-refractivity contribution in [2.24, 2.45) is 7.05 Å². The van der Waals surface area contributed by atoms with Crippen LogP contribution < -0.4 is 10.2 Å². The fourth-order valence-corrected chi connectivity index (χ4v) is 2.73. The fraction of sp³-hybridized carbons (Fsp3) is 0.643. The van der Waals surface area contributed by atoms with Crippen molar-refractivity contribution in [3.63, 3.8) is 0 Å². The lowest BCUT2D eigenvalue weighted by Crippen LogP contribution is -2.46. The standard InChI is InChI=1S/C14H23N3O2/c1-10(2)15-8-11-4-5-13(14(18)19)17(11)12-6-7-16(3)9-12/h6-7,9-11,13,15H,4-5,8H2,1-3H3,(H,18,19). The van der Waals surface area contributed by atoms with Crippen molar-refractivity contribution >= 4 is 11.7 Å². The second-order valence-electron chi connectivity index (χ2n) is 5.59. The van der Waals surface area contributed by atoms with Crippen LogP contribution in [0.3, 0.4) is 0 Å². The molecular formula is C14H23N3O2. The predicted molar refractivity (Wildman–Crippen MR) is 75.5 cm³/mol. The van der Waals surface area contributed by atoms with Crippen LogP contribution in [0.5, 0.6) is 0 Å². The Kier molecular flexibility index (Phi) is 4.14. The fourth-order valence-electron chi connectivity index (χ4n) is 2.73. The van der Waals surface area contributed by atoms with Crippen molar-refractivity contribution in [1.82, 2.24) is 9.88 Å². The van der Waals surface area contributed by atoms with E-state index in [-0.39, 0.29) is 6.04 Å². The van der Waals surface area contributed by atoms with Gasteiger partial charge in [0, 0.05) is 38.1 Å². The molecule has 1 aromatic rings. The Bertz CT molecular complexity index is 442. The van der Waals surface area contributed by atoms with E-state index in [4.69, 9.17) is 0 Å². The molecule has 0 spiro atoms. The molecule has 1 aliphatic rings. The van der Waals surface area contributed by atoms with Crippen molar-refractivity contribution in [3.8, 4) is 0 Å². The molecule has 0 radical (unpaired) electrons. The van der Waals surface area contributed by atoms with Gasteiger partial charge in [-0.15, -0.1) is 0 Å². The van der Waals surface area contributed by atoms with Crippen LogP contribution in [0.15, 0.2) is 18.5 Å². The summed E-state index contributed by atoms with van der Waals surface area (Å²) in [5, 5.41) is 12.8.